The Morgan fingerprint density at radius 1 is 0.415 bits per heavy atom. The monoisotopic (exact) mass is 1190 g/mol. The fraction of sp³-hybridized carbons (Fsp3) is 0.114. The van der Waals surface area contributed by atoms with Gasteiger partial charge in [0.25, 0.3) is 0 Å². The number of fused-ring (bicyclic) bond motifs is 3. The molecule has 8 nitrogen and oxygen atoms in total. The third-order valence-corrected chi connectivity index (χ3v) is 16.7. The number of benzene rings is 8. The van der Waals surface area contributed by atoms with Gasteiger partial charge in [-0.25, -0.2) is 9.97 Å². The number of halogens is 2. The minimum absolute atomic E-state index is 0.174. The number of rotatable bonds is 10. The average Bonchev–Trinajstić information content (AvgIpc) is 3.08. The van der Waals surface area contributed by atoms with Crippen molar-refractivity contribution in [2.75, 3.05) is 0 Å². The van der Waals surface area contributed by atoms with E-state index in [9.17, 15) is 10.5 Å². The van der Waals surface area contributed by atoms with Crippen molar-refractivity contribution >= 4 is 111 Å². The summed E-state index contributed by atoms with van der Waals surface area (Å²) in [6, 6.07) is 76.7. The third-order valence-electron chi connectivity index (χ3n) is 15.4. The molecule has 0 bridgehead atoms. The molecule has 8 aromatic carbocycles. The standard InChI is InChI=1S/C70H54B2Br2N8/c1-69(2,3)47-37-33-45(34-38-47)65-61-62(68(54(42-76)60-44-78-58-32-20-30-56(74)64(58)80-60)81(65)71(49-21-11-7-12-22-49)50-23-13-8-14-24-50)66(46-35-39-48(40-36-46)70(4,5)6)82(72(51-25-15-9-16-26-51)52-27-17-10-18-28-52)67(61)53(41-75)59-43-77-57-31-19-29-55(73)63(57)79-59/h7-40,43-44H,1-6H3/b67-53-,68-54-. The number of nitrogens with zero attached hydrogens (tertiary/aromatic N) is 8. The predicted molar refractivity (Wildman–Crippen MR) is 345 cm³/mol. The van der Waals surface area contributed by atoms with Crippen LogP contribution in [0.2, 0.25) is 0 Å². The molecule has 394 valence electrons. The summed E-state index contributed by atoms with van der Waals surface area (Å²) in [5.74, 6) is 0. The van der Waals surface area contributed by atoms with Crippen molar-refractivity contribution in [3.05, 3.63) is 261 Å². The lowest BCUT2D eigenvalue weighted by Crippen LogP contribution is -2.54. The zero-order valence-electron chi connectivity index (χ0n) is 46.3. The van der Waals surface area contributed by atoms with Crippen LogP contribution in [0.25, 0.3) is 66.5 Å². The number of hydrogen-bond acceptors (Lipinski definition) is 6. The lowest BCUT2D eigenvalue weighted by molar-refractivity contribution is 0.590. The zero-order valence-corrected chi connectivity index (χ0v) is 49.4. The topological polar surface area (TPSA) is 109 Å². The molecule has 12 rings (SSSR count). The Hall–Kier alpha value is -8.93. The highest BCUT2D eigenvalue weighted by Crippen LogP contribution is 2.38. The minimum Gasteiger partial charge on any atom is -0.374 e. The Morgan fingerprint density at radius 3 is 1.02 bits per heavy atom. The number of para-hydroxylation sites is 2. The molecule has 0 amide bonds. The van der Waals surface area contributed by atoms with Crippen molar-refractivity contribution < 1.29 is 0 Å². The summed E-state index contributed by atoms with van der Waals surface area (Å²) >= 11 is 7.60. The van der Waals surface area contributed by atoms with E-state index in [1.165, 1.54) is 0 Å². The Morgan fingerprint density at radius 2 is 0.732 bits per heavy atom. The van der Waals surface area contributed by atoms with Gasteiger partial charge in [-0.2, -0.15) is 10.5 Å². The molecule has 0 unspecified atom stereocenters. The van der Waals surface area contributed by atoms with Crippen LogP contribution in [-0.2, 0) is 10.8 Å². The van der Waals surface area contributed by atoms with Crippen molar-refractivity contribution in [3.8, 4) is 34.7 Å². The first-order valence-electron chi connectivity index (χ1n) is 27.3. The molecule has 0 saturated carbocycles. The summed E-state index contributed by atoms with van der Waals surface area (Å²) in [6.07, 6.45) is 3.44. The van der Waals surface area contributed by atoms with E-state index in [4.69, 9.17) is 19.9 Å². The summed E-state index contributed by atoms with van der Waals surface area (Å²) in [5.41, 5.74) is 13.2. The molecule has 4 aromatic heterocycles. The van der Waals surface area contributed by atoms with Gasteiger partial charge in [0, 0.05) is 31.1 Å². The van der Waals surface area contributed by atoms with E-state index in [-0.39, 0.29) is 10.8 Å². The second-order valence-corrected chi connectivity index (χ2v) is 24.4. The summed E-state index contributed by atoms with van der Waals surface area (Å²) in [7, 11) is 0. The van der Waals surface area contributed by atoms with E-state index in [2.05, 4.69) is 240 Å². The Bertz CT molecular complexity index is 4240. The van der Waals surface area contributed by atoms with Crippen LogP contribution in [0.1, 0.15) is 64.1 Å². The maximum Gasteiger partial charge on any atom is 0.328 e. The van der Waals surface area contributed by atoms with Gasteiger partial charge in [-0.15, -0.1) is 0 Å². The van der Waals surface area contributed by atoms with Crippen LogP contribution in [0, 0.1) is 22.7 Å². The van der Waals surface area contributed by atoms with Crippen LogP contribution >= 0.6 is 31.9 Å². The molecular formula is C70H54B2Br2N8. The van der Waals surface area contributed by atoms with Crippen molar-refractivity contribution in [3.63, 3.8) is 0 Å². The van der Waals surface area contributed by atoms with Gasteiger partial charge >= 0.3 is 13.7 Å². The largest absolute Gasteiger partial charge is 0.374 e. The quantitative estimate of drug-likeness (QED) is 0.126. The van der Waals surface area contributed by atoms with Crippen LogP contribution in [-0.4, -0.2) is 42.6 Å². The summed E-state index contributed by atoms with van der Waals surface area (Å²) in [4.78, 5) is 20.8. The molecule has 0 aliphatic heterocycles. The van der Waals surface area contributed by atoms with Gasteiger partial charge in [0.1, 0.15) is 45.7 Å². The first-order valence-corrected chi connectivity index (χ1v) is 28.9. The number of aromatic nitrogens is 6. The fourth-order valence-electron chi connectivity index (χ4n) is 11.5. The van der Waals surface area contributed by atoms with Gasteiger partial charge in [0.15, 0.2) is 0 Å². The van der Waals surface area contributed by atoms with E-state index in [0.717, 1.165) is 75.2 Å². The summed E-state index contributed by atoms with van der Waals surface area (Å²) < 4.78 is 6.21. The van der Waals surface area contributed by atoms with Crippen LogP contribution in [0.4, 0.5) is 0 Å². The van der Waals surface area contributed by atoms with Crippen molar-refractivity contribution in [1.29, 1.82) is 10.5 Å². The smallest absolute Gasteiger partial charge is 0.328 e. The second kappa shape index (κ2) is 21.9. The molecule has 0 atom stereocenters. The second-order valence-electron chi connectivity index (χ2n) is 22.7. The predicted octanol–water partition coefficient (Wildman–Crippen LogP) is 12.5. The van der Waals surface area contributed by atoms with Crippen molar-refractivity contribution in [2.45, 2.75) is 52.4 Å². The molecule has 0 fully saturated rings. The molecule has 0 aliphatic carbocycles. The maximum absolute atomic E-state index is 12.4. The van der Waals surface area contributed by atoms with Gasteiger partial charge in [-0.3, -0.25) is 9.97 Å². The van der Waals surface area contributed by atoms with Crippen LogP contribution in [0.3, 0.4) is 0 Å². The first kappa shape index (κ1) is 53.7. The van der Waals surface area contributed by atoms with E-state index in [1.54, 1.807) is 12.4 Å². The zero-order chi connectivity index (χ0) is 56.9. The van der Waals surface area contributed by atoms with E-state index in [1.807, 2.05) is 60.7 Å². The first-order chi connectivity index (χ1) is 39.7. The van der Waals surface area contributed by atoms with E-state index < -0.39 is 13.7 Å². The van der Waals surface area contributed by atoms with Gasteiger partial charge in [0.05, 0.1) is 34.1 Å². The fourth-order valence-corrected chi connectivity index (χ4v) is 12.3. The Balaban J connectivity index is 1.46. The number of nitriles is 2. The van der Waals surface area contributed by atoms with Crippen LogP contribution in [0.15, 0.2) is 228 Å². The van der Waals surface area contributed by atoms with Gasteiger partial charge in [-0.05, 0) is 89.2 Å². The maximum atomic E-state index is 12.4. The summed E-state index contributed by atoms with van der Waals surface area (Å²) in [6.45, 7) is 12.2. The molecule has 12 heteroatoms. The molecule has 0 radical (unpaired) electrons. The third kappa shape index (κ3) is 9.76. The highest BCUT2D eigenvalue weighted by atomic mass is 79.9. The van der Waals surface area contributed by atoms with Gasteiger partial charge in [0.2, 0.25) is 0 Å². The normalized spacial score (nSPS) is 12.5. The van der Waals surface area contributed by atoms with Gasteiger partial charge < -0.3 is 8.96 Å². The average molecular weight is 1190 g/mol. The highest BCUT2D eigenvalue weighted by Gasteiger charge is 2.38. The lowest BCUT2D eigenvalue weighted by Gasteiger charge is -2.25. The van der Waals surface area contributed by atoms with Crippen LogP contribution in [0.5, 0.6) is 0 Å². The van der Waals surface area contributed by atoms with Gasteiger partial charge in [-0.1, -0.05) is 245 Å². The van der Waals surface area contributed by atoms with Crippen molar-refractivity contribution in [2.24, 2.45) is 0 Å². The highest BCUT2D eigenvalue weighted by molar-refractivity contribution is 9.11. The minimum atomic E-state index is -0.552. The lowest BCUT2D eigenvalue weighted by atomic mass is 9.50. The van der Waals surface area contributed by atoms with Crippen molar-refractivity contribution in [1.82, 2.24) is 28.9 Å². The van der Waals surface area contributed by atoms with Crippen LogP contribution < -0.4 is 32.5 Å². The SMILES string of the molecule is CC(C)(C)c1ccc(-c2c3/c(=C(\C#N)c4cnc5cccc(Br)c5n4)n(B(c4ccccc4)c4ccccc4)c(-c4ccc(C(C)(C)C)cc4)c3/c(=C(\C#N)c3cnc4cccc(Br)c4n3)n2B(c2ccccc2)c2ccccc2)cc1. The molecule has 4 heterocycles. The Kier molecular flexibility index (Phi) is 14.3. The molecule has 12 aromatic rings. The molecular weight excluding hydrogens is 1130 g/mol. The molecule has 82 heavy (non-hydrogen) atoms. The molecule has 0 spiro atoms. The van der Waals surface area contributed by atoms with E-state index in [0.29, 0.717) is 55.3 Å². The molecule has 0 aliphatic rings. The summed E-state index contributed by atoms with van der Waals surface area (Å²) in [5, 5.41) is 27.5. The molecule has 0 saturated heterocycles. The van der Waals surface area contributed by atoms with E-state index >= 15 is 0 Å². The number of hydrogen-bond donors (Lipinski definition) is 0. The Labute approximate surface area is 495 Å². The molecule has 0 N–H and O–H groups in total.